The average Bonchev–Trinajstić information content (AvgIpc) is 2.61. The second-order valence-corrected chi connectivity index (χ2v) is 5.88. The van der Waals surface area contributed by atoms with Crippen LogP contribution in [0.25, 0.3) is 0 Å². The van der Waals surface area contributed by atoms with Gasteiger partial charge in [-0.25, -0.2) is 0 Å². The van der Waals surface area contributed by atoms with Crippen molar-refractivity contribution in [2.75, 3.05) is 19.6 Å². The Labute approximate surface area is 139 Å². The van der Waals surface area contributed by atoms with E-state index in [1.165, 1.54) is 0 Å². The largest absolute Gasteiger partial charge is 0.490 e. The van der Waals surface area contributed by atoms with Gasteiger partial charge >= 0.3 is 0 Å². The molecule has 1 fully saturated rings. The molecule has 1 aromatic rings. The highest BCUT2D eigenvalue weighted by Crippen LogP contribution is 2.20. The molecule has 2 rings (SSSR count). The Morgan fingerprint density at radius 3 is 2.57 bits per heavy atom. The second-order valence-electron chi connectivity index (χ2n) is 5.88. The zero-order valence-electron chi connectivity index (χ0n) is 13.7. The summed E-state index contributed by atoms with van der Waals surface area (Å²) in [7, 11) is 0. The van der Waals surface area contributed by atoms with Crippen molar-refractivity contribution < 1.29 is 9.84 Å². The maximum absolute atomic E-state index is 10.2. The van der Waals surface area contributed by atoms with E-state index in [0.29, 0.717) is 0 Å². The Hall–Kier alpha value is -1.84. The fourth-order valence-corrected chi connectivity index (χ4v) is 2.86. The highest BCUT2D eigenvalue weighted by Gasteiger charge is 2.21. The number of benzene rings is 1. The molecule has 1 atom stereocenters. The molecule has 0 aliphatic carbocycles. The molecular weight excluding hydrogens is 286 g/mol. The maximum atomic E-state index is 10.2. The van der Waals surface area contributed by atoms with Gasteiger partial charge in [-0.3, -0.25) is 0 Å². The minimum Gasteiger partial charge on any atom is -0.490 e. The second kappa shape index (κ2) is 9.33. The van der Waals surface area contributed by atoms with E-state index in [1.54, 1.807) is 12.2 Å². The van der Waals surface area contributed by atoms with Gasteiger partial charge < -0.3 is 14.7 Å². The molecule has 124 valence electrons. The molecule has 1 unspecified atom stereocenters. The van der Waals surface area contributed by atoms with Gasteiger partial charge in [-0.2, -0.15) is 0 Å². The summed E-state index contributed by atoms with van der Waals surface area (Å²) in [5.74, 6) is 0.790. The van der Waals surface area contributed by atoms with Crippen LogP contribution < -0.4 is 0 Å². The van der Waals surface area contributed by atoms with E-state index in [9.17, 15) is 5.11 Å². The Balaban J connectivity index is 1.71. The Bertz CT molecular complexity index is 516. The molecule has 1 aliphatic heterocycles. The van der Waals surface area contributed by atoms with Crippen molar-refractivity contribution >= 4 is 0 Å². The molecule has 3 nitrogen and oxygen atoms in total. The number of allylic oxidation sites excluding steroid dienone is 3. The lowest BCUT2D eigenvalue weighted by molar-refractivity contribution is 0.0492. The lowest BCUT2D eigenvalue weighted by atomic mass is 10.0. The smallest absolute Gasteiger partial charge is 0.119 e. The third-order valence-corrected chi connectivity index (χ3v) is 4.22. The molecule has 1 saturated heterocycles. The third-order valence-electron chi connectivity index (χ3n) is 4.22. The van der Waals surface area contributed by atoms with E-state index in [2.05, 4.69) is 18.1 Å². The summed E-state index contributed by atoms with van der Waals surface area (Å²) in [6.45, 7) is 10.4. The highest BCUT2D eigenvalue weighted by molar-refractivity contribution is 5.17. The number of hydrogen-bond acceptors (Lipinski definition) is 3. The van der Waals surface area contributed by atoms with E-state index in [0.717, 1.165) is 50.2 Å². The summed E-state index contributed by atoms with van der Waals surface area (Å²) < 4.78 is 5.92. The number of piperidine rings is 1. The van der Waals surface area contributed by atoms with Gasteiger partial charge in [0.2, 0.25) is 0 Å². The van der Waals surface area contributed by atoms with Gasteiger partial charge in [0.25, 0.3) is 0 Å². The van der Waals surface area contributed by atoms with E-state index in [-0.39, 0.29) is 12.2 Å². The number of aliphatic hydroxyl groups excluding tert-OH is 1. The normalized spacial score (nSPS) is 18.4. The van der Waals surface area contributed by atoms with Crippen molar-refractivity contribution in [2.24, 2.45) is 0 Å². The summed E-state index contributed by atoms with van der Waals surface area (Å²) in [5, 5.41) is 10.2. The zero-order chi connectivity index (χ0) is 16.5. The van der Waals surface area contributed by atoms with Crippen molar-refractivity contribution in [3.05, 3.63) is 73.0 Å². The van der Waals surface area contributed by atoms with Crippen LogP contribution in [-0.4, -0.2) is 35.7 Å². The molecule has 1 aliphatic rings. The molecule has 0 amide bonds. The lowest BCUT2D eigenvalue weighted by Crippen LogP contribution is -2.37. The van der Waals surface area contributed by atoms with Crippen LogP contribution in [0.5, 0.6) is 0 Å². The van der Waals surface area contributed by atoms with Gasteiger partial charge in [-0.15, -0.1) is 0 Å². The van der Waals surface area contributed by atoms with Crippen molar-refractivity contribution in [2.45, 2.75) is 31.5 Å². The summed E-state index contributed by atoms with van der Waals surface area (Å²) in [4.78, 5) is 2.40. The van der Waals surface area contributed by atoms with E-state index in [1.807, 2.05) is 36.4 Å². The first kappa shape index (κ1) is 17.5. The molecule has 0 saturated carbocycles. The summed E-state index contributed by atoms with van der Waals surface area (Å²) >= 11 is 0. The Morgan fingerprint density at radius 2 is 1.96 bits per heavy atom. The standard InChI is InChI=1S/C20H27NO2/c1-3-8-18(4-2)23-19-11-14-21(15-12-19)16-13-20(22)17-9-6-5-7-10-17/h3-10,19-20,22H,1-2,11-16H2/b18-8+. The zero-order valence-corrected chi connectivity index (χ0v) is 13.7. The molecule has 3 heteroatoms. The van der Waals surface area contributed by atoms with Crippen molar-refractivity contribution in [1.29, 1.82) is 0 Å². The quantitative estimate of drug-likeness (QED) is 0.584. The number of aliphatic hydroxyl groups is 1. The van der Waals surface area contributed by atoms with Crippen LogP contribution in [0.1, 0.15) is 30.9 Å². The third kappa shape index (κ3) is 5.70. The Kier molecular flexibility index (Phi) is 7.11. The number of likely N-dealkylation sites (tertiary alicyclic amines) is 1. The van der Waals surface area contributed by atoms with Crippen LogP contribution in [0.3, 0.4) is 0 Å². The number of hydrogen-bond donors (Lipinski definition) is 1. The molecule has 0 radical (unpaired) electrons. The van der Waals surface area contributed by atoms with Gasteiger partial charge in [0.05, 0.1) is 6.10 Å². The van der Waals surface area contributed by atoms with Crippen LogP contribution in [0.4, 0.5) is 0 Å². The van der Waals surface area contributed by atoms with Crippen molar-refractivity contribution in [1.82, 2.24) is 4.90 Å². The minimum atomic E-state index is -0.381. The first-order valence-corrected chi connectivity index (χ1v) is 8.30. The van der Waals surface area contributed by atoms with Crippen molar-refractivity contribution in [3.8, 4) is 0 Å². The molecule has 23 heavy (non-hydrogen) atoms. The fourth-order valence-electron chi connectivity index (χ4n) is 2.86. The monoisotopic (exact) mass is 313 g/mol. The fraction of sp³-hybridized carbons (Fsp3) is 0.400. The van der Waals surface area contributed by atoms with Gasteiger partial charge in [0, 0.05) is 19.6 Å². The predicted octanol–water partition coefficient (Wildman–Crippen LogP) is 3.85. The van der Waals surface area contributed by atoms with Crippen LogP contribution >= 0.6 is 0 Å². The lowest BCUT2D eigenvalue weighted by Gasteiger charge is -2.32. The molecule has 0 aromatic heterocycles. The van der Waals surface area contributed by atoms with Crippen molar-refractivity contribution in [3.63, 3.8) is 0 Å². The van der Waals surface area contributed by atoms with E-state index < -0.39 is 0 Å². The predicted molar refractivity (Wildman–Crippen MR) is 95.0 cm³/mol. The van der Waals surface area contributed by atoms with Crippen LogP contribution in [0, 0.1) is 0 Å². The molecule has 1 N–H and O–H groups in total. The topological polar surface area (TPSA) is 32.7 Å². The number of nitrogens with zero attached hydrogens (tertiary/aromatic N) is 1. The first-order valence-electron chi connectivity index (χ1n) is 8.30. The summed E-state index contributed by atoms with van der Waals surface area (Å²) in [6, 6.07) is 9.87. The highest BCUT2D eigenvalue weighted by atomic mass is 16.5. The maximum Gasteiger partial charge on any atom is 0.119 e. The average molecular weight is 313 g/mol. The van der Waals surface area contributed by atoms with Crippen LogP contribution in [0.15, 0.2) is 67.5 Å². The summed E-state index contributed by atoms with van der Waals surface area (Å²) in [6.07, 6.45) is 7.93. The first-order chi connectivity index (χ1) is 11.2. The van der Waals surface area contributed by atoms with Gasteiger partial charge in [0.1, 0.15) is 11.9 Å². The molecule has 1 aromatic carbocycles. The Morgan fingerprint density at radius 1 is 1.26 bits per heavy atom. The number of ether oxygens (including phenoxy) is 1. The molecule has 1 heterocycles. The molecular formula is C20H27NO2. The van der Waals surface area contributed by atoms with Crippen LogP contribution in [-0.2, 0) is 4.74 Å². The van der Waals surface area contributed by atoms with Crippen LogP contribution in [0.2, 0.25) is 0 Å². The number of rotatable bonds is 8. The molecule has 0 bridgehead atoms. The van der Waals surface area contributed by atoms with Gasteiger partial charge in [-0.1, -0.05) is 49.6 Å². The molecule has 0 spiro atoms. The minimum absolute atomic E-state index is 0.245. The SMILES string of the molecule is C=C/C=C(\C=C)OC1CCN(CCC(O)c2ccccc2)CC1. The van der Waals surface area contributed by atoms with E-state index >= 15 is 0 Å². The van der Waals surface area contributed by atoms with Gasteiger partial charge in [0.15, 0.2) is 0 Å². The van der Waals surface area contributed by atoms with Gasteiger partial charge in [-0.05, 0) is 37.0 Å². The van der Waals surface area contributed by atoms with E-state index in [4.69, 9.17) is 4.74 Å². The summed E-state index contributed by atoms with van der Waals surface area (Å²) in [5.41, 5.74) is 0.996.